The van der Waals surface area contributed by atoms with E-state index < -0.39 is 0 Å². The Bertz CT molecular complexity index is 685. The molecule has 1 aromatic rings. The Balaban J connectivity index is 1.51. The number of carbonyl (C=O) groups is 1. The summed E-state index contributed by atoms with van der Waals surface area (Å²) in [6, 6.07) is 8.77. The first-order chi connectivity index (χ1) is 13.5. The van der Waals surface area contributed by atoms with Gasteiger partial charge in [0.15, 0.2) is 0 Å². The summed E-state index contributed by atoms with van der Waals surface area (Å²) in [5, 5.41) is 3.48. The third kappa shape index (κ3) is 4.58. The molecule has 5 heteroatoms. The molecule has 3 aliphatic heterocycles. The Labute approximate surface area is 170 Å². The van der Waals surface area contributed by atoms with Crippen molar-refractivity contribution in [3.05, 3.63) is 35.4 Å². The molecule has 0 saturated carbocycles. The van der Waals surface area contributed by atoms with E-state index in [1.807, 2.05) is 19.0 Å². The fraction of sp³-hybridized carbons (Fsp3) is 0.696. The third-order valence-corrected chi connectivity index (χ3v) is 6.87. The Hall–Kier alpha value is -1.43. The first kappa shape index (κ1) is 19.9. The smallest absolute Gasteiger partial charge is 0.237 e. The summed E-state index contributed by atoms with van der Waals surface area (Å²) in [5.74, 6) is 1.10. The second-order valence-electron chi connectivity index (χ2n) is 9.61. The van der Waals surface area contributed by atoms with Crippen LogP contribution in [0.5, 0.6) is 0 Å². The standard InChI is InChI=1S/C23H36N4O/c1-25(2)16-22(28)27-15-21-6-4-3-5-20(21)13-23(18-27)9-12-26(17-23)14-19-7-10-24-11-8-19/h3-6,19,24H,7-18H2,1-2H3. The van der Waals surface area contributed by atoms with Gasteiger partial charge in [-0.15, -0.1) is 0 Å². The van der Waals surface area contributed by atoms with Gasteiger partial charge in [-0.1, -0.05) is 24.3 Å². The number of carbonyl (C=O) groups excluding carboxylic acids is 1. The zero-order chi connectivity index (χ0) is 19.6. The normalized spacial score (nSPS) is 26.6. The molecule has 3 heterocycles. The minimum Gasteiger partial charge on any atom is -0.337 e. The molecule has 3 aliphatic rings. The number of likely N-dealkylation sites (tertiary alicyclic amines) is 1. The van der Waals surface area contributed by atoms with Crippen LogP contribution < -0.4 is 5.32 Å². The van der Waals surface area contributed by atoms with Gasteiger partial charge in [0.2, 0.25) is 5.91 Å². The first-order valence-corrected chi connectivity index (χ1v) is 11.0. The molecule has 1 unspecified atom stereocenters. The van der Waals surface area contributed by atoms with Gasteiger partial charge >= 0.3 is 0 Å². The van der Waals surface area contributed by atoms with Crippen LogP contribution in [0.1, 0.15) is 30.4 Å². The average molecular weight is 385 g/mol. The van der Waals surface area contributed by atoms with Crippen LogP contribution in [0.15, 0.2) is 24.3 Å². The molecule has 0 bridgehead atoms. The van der Waals surface area contributed by atoms with E-state index in [9.17, 15) is 4.79 Å². The number of piperidine rings is 1. The number of benzene rings is 1. The fourth-order valence-corrected chi connectivity index (χ4v) is 5.44. The van der Waals surface area contributed by atoms with Crippen molar-refractivity contribution in [2.24, 2.45) is 11.3 Å². The van der Waals surface area contributed by atoms with Crippen LogP contribution in [0.2, 0.25) is 0 Å². The zero-order valence-corrected chi connectivity index (χ0v) is 17.6. The molecule has 1 N–H and O–H groups in total. The molecule has 2 saturated heterocycles. The SMILES string of the molecule is CN(C)CC(=O)N1Cc2ccccc2CC2(CCN(CC3CCNCC3)C2)C1. The maximum Gasteiger partial charge on any atom is 0.237 e. The van der Waals surface area contributed by atoms with Crippen molar-refractivity contribution in [3.8, 4) is 0 Å². The number of hydrogen-bond donors (Lipinski definition) is 1. The lowest BCUT2D eigenvalue weighted by Gasteiger charge is -2.34. The Kier molecular flexibility index (Phi) is 6.04. The lowest BCUT2D eigenvalue weighted by Crippen LogP contribution is -2.45. The molecule has 1 amide bonds. The highest BCUT2D eigenvalue weighted by Gasteiger charge is 2.42. The van der Waals surface area contributed by atoms with Crippen LogP contribution in [0.3, 0.4) is 0 Å². The zero-order valence-electron chi connectivity index (χ0n) is 17.6. The molecule has 0 aliphatic carbocycles. The van der Waals surface area contributed by atoms with E-state index in [1.54, 1.807) is 0 Å². The molecule has 1 spiro atoms. The lowest BCUT2D eigenvalue weighted by molar-refractivity contribution is -0.133. The van der Waals surface area contributed by atoms with Gasteiger partial charge in [-0.3, -0.25) is 4.79 Å². The van der Waals surface area contributed by atoms with Crippen LogP contribution in [0.4, 0.5) is 0 Å². The summed E-state index contributed by atoms with van der Waals surface area (Å²) >= 11 is 0. The van der Waals surface area contributed by atoms with E-state index in [-0.39, 0.29) is 11.3 Å². The summed E-state index contributed by atoms with van der Waals surface area (Å²) in [5.41, 5.74) is 3.00. The van der Waals surface area contributed by atoms with Crippen LogP contribution >= 0.6 is 0 Å². The minimum atomic E-state index is 0.210. The molecule has 0 radical (unpaired) electrons. The number of rotatable bonds is 4. The summed E-state index contributed by atoms with van der Waals surface area (Å²) in [7, 11) is 3.96. The van der Waals surface area contributed by atoms with Crippen molar-refractivity contribution in [3.63, 3.8) is 0 Å². The van der Waals surface area contributed by atoms with Gasteiger partial charge < -0.3 is 20.0 Å². The van der Waals surface area contributed by atoms with Crippen molar-refractivity contribution < 1.29 is 4.79 Å². The summed E-state index contributed by atoms with van der Waals surface area (Å²) in [6.45, 7) is 8.05. The number of fused-ring (bicyclic) bond motifs is 1. The molecular formula is C23H36N4O. The minimum absolute atomic E-state index is 0.210. The largest absolute Gasteiger partial charge is 0.337 e. The Morgan fingerprint density at radius 2 is 1.93 bits per heavy atom. The van der Waals surface area contributed by atoms with Crippen molar-refractivity contribution in [2.45, 2.75) is 32.2 Å². The second-order valence-corrected chi connectivity index (χ2v) is 9.61. The lowest BCUT2D eigenvalue weighted by atomic mass is 9.80. The van der Waals surface area contributed by atoms with E-state index in [1.165, 1.54) is 56.6 Å². The maximum atomic E-state index is 13.0. The Morgan fingerprint density at radius 3 is 2.68 bits per heavy atom. The van der Waals surface area contributed by atoms with Crippen LogP contribution in [-0.4, -0.2) is 80.5 Å². The Morgan fingerprint density at radius 1 is 1.18 bits per heavy atom. The average Bonchev–Trinajstić information content (AvgIpc) is 2.96. The van der Waals surface area contributed by atoms with Gasteiger partial charge in [-0.05, 0) is 76.5 Å². The summed E-state index contributed by atoms with van der Waals surface area (Å²) in [6.07, 6.45) is 4.93. The molecule has 0 aromatic heterocycles. The highest BCUT2D eigenvalue weighted by molar-refractivity contribution is 5.78. The summed E-state index contributed by atoms with van der Waals surface area (Å²) < 4.78 is 0. The van der Waals surface area contributed by atoms with Crippen LogP contribution in [0.25, 0.3) is 0 Å². The van der Waals surface area contributed by atoms with Crippen LogP contribution in [-0.2, 0) is 17.8 Å². The van der Waals surface area contributed by atoms with Gasteiger partial charge in [0.25, 0.3) is 0 Å². The highest BCUT2D eigenvalue weighted by atomic mass is 16.2. The maximum absolute atomic E-state index is 13.0. The quantitative estimate of drug-likeness (QED) is 0.860. The van der Waals surface area contributed by atoms with Crippen molar-refractivity contribution in [1.29, 1.82) is 0 Å². The van der Waals surface area contributed by atoms with E-state index in [4.69, 9.17) is 0 Å². The molecule has 1 aromatic carbocycles. The van der Waals surface area contributed by atoms with Gasteiger partial charge in [0, 0.05) is 31.6 Å². The highest BCUT2D eigenvalue weighted by Crippen LogP contribution is 2.39. The fourth-order valence-electron chi connectivity index (χ4n) is 5.44. The predicted molar refractivity (Wildman–Crippen MR) is 113 cm³/mol. The van der Waals surface area contributed by atoms with Crippen LogP contribution in [0, 0.1) is 11.3 Å². The topological polar surface area (TPSA) is 38.8 Å². The molecular weight excluding hydrogens is 348 g/mol. The number of likely N-dealkylation sites (N-methyl/N-ethyl adjacent to an activating group) is 1. The van der Waals surface area contributed by atoms with Crippen molar-refractivity contribution in [1.82, 2.24) is 20.0 Å². The van der Waals surface area contributed by atoms with E-state index >= 15 is 0 Å². The van der Waals surface area contributed by atoms with Gasteiger partial charge in [0.1, 0.15) is 0 Å². The number of amides is 1. The molecule has 2 fully saturated rings. The van der Waals surface area contributed by atoms with Crippen molar-refractivity contribution >= 4 is 5.91 Å². The monoisotopic (exact) mass is 384 g/mol. The summed E-state index contributed by atoms with van der Waals surface area (Å²) in [4.78, 5) is 19.8. The number of nitrogens with zero attached hydrogens (tertiary/aromatic N) is 3. The molecule has 28 heavy (non-hydrogen) atoms. The van der Waals surface area contributed by atoms with Gasteiger partial charge in [-0.25, -0.2) is 0 Å². The molecule has 1 atom stereocenters. The van der Waals surface area contributed by atoms with E-state index in [2.05, 4.69) is 39.4 Å². The molecule has 5 nitrogen and oxygen atoms in total. The number of hydrogen-bond acceptors (Lipinski definition) is 4. The third-order valence-electron chi connectivity index (χ3n) is 6.87. The first-order valence-electron chi connectivity index (χ1n) is 11.0. The van der Waals surface area contributed by atoms with E-state index in [0.717, 1.165) is 32.0 Å². The van der Waals surface area contributed by atoms with E-state index in [0.29, 0.717) is 6.54 Å². The van der Waals surface area contributed by atoms with Gasteiger partial charge in [-0.2, -0.15) is 0 Å². The molecule has 154 valence electrons. The number of nitrogens with one attached hydrogen (secondary N) is 1. The molecule has 4 rings (SSSR count). The van der Waals surface area contributed by atoms with Crippen molar-refractivity contribution in [2.75, 3.05) is 59.9 Å². The second kappa shape index (κ2) is 8.52. The predicted octanol–water partition coefficient (Wildman–Crippen LogP) is 1.82. The van der Waals surface area contributed by atoms with Gasteiger partial charge in [0.05, 0.1) is 6.54 Å².